The molecule has 0 radical (unpaired) electrons. The Morgan fingerprint density at radius 2 is 2.44 bits per heavy atom. The Labute approximate surface area is 101 Å². The second-order valence-corrected chi connectivity index (χ2v) is 5.68. The minimum atomic E-state index is -0.295. The van der Waals surface area contributed by atoms with E-state index in [0.717, 1.165) is 23.8 Å². The summed E-state index contributed by atoms with van der Waals surface area (Å²) in [6, 6.07) is -0.0355. The first-order valence-electron chi connectivity index (χ1n) is 5.72. The molecule has 0 spiro atoms. The summed E-state index contributed by atoms with van der Waals surface area (Å²) in [5.41, 5.74) is 5.29. The van der Waals surface area contributed by atoms with Gasteiger partial charge in [0.25, 0.3) is 0 Å². The monoisotopic (exact) mass is 243 g/mol. The Morgan fingerprint density at radius 3 is 3.00 bits per heavy atom. The van der Waals surface area contributed by atoms with Crippen LogP contribution in [0.1, 0.15) is 40.0 Å². The number of hydrogen-bond donors (Lipinski definition) is 2. The molecule has 1 fully saturated rings. The van der Waals surface area contributed by atoms with Gasteiger partial charge in [0.2, 0.25) is 5.91 Å². The first kappa shape index (κ1) is 13.4. The maximum atomic E-state index is 10.8. The van der Waals surface area contributed by atoms with Crippen molar-refractivity contribution >= 4 is 22.8 Å². The average molecular weight is 243 g/mol. The van der Waals surface area contributed by atoms with Crippen molar-refractivity contribution in [3.05, 3.63) is 0 Å². The summed E-state index contributed by atoms with van der Waals surface area (Å²) in [6.07, 6.45) is 2.54. The molecule has 0 aromatic rings. The number of carbonyl (C=O) groups is 1. The highest BCUT2D eigenvalue weighted by Gasteiger charge is 2.27. The van der Waals surface area contributed by atoms with Gasteiger partial charge in [-0.1, -0.05) is 18.7 Å². The van der Waals surface area contributed by atoms with Crippen molar-refractivity contribution in [1.82, 2.24) is 5.32 Å². The fourth-order valence-electron chi connectivity index (χ4n) is 1.60. The first-order chi connectivity index (χ1) is 7.45. The molecule has 1 heterocycles. The van der Waals surface area contributed by atoms with E-state index in [0.29, 0.717) is 6.42 Å². The van der Waals surface area contributed by atoms with Crippen molar-refractivity contribution in [2.24, 2.45) is 10.7 Å². The summed E-state index contributed by atoms with van der Waals surface area (Å²) in [4.78, 5) is 15.2. The number of nitrogens with one attached hydrogen (secondary N) is 1. The number of hydrogen-bond acceptors (Lipinski definition) is 3. The summed E-state index contributed by atoms with van der Waals surface area (Å²) >= 11 is 1.72. The van der Waals surface area contributed by atoms with Crippen LogP contribution in [0.4, 0.5) is 0 Å². The lowest BCUT2D eigenvalue weighted by Crippen LogP contribution is -2.48. The molecular weight excluding hydrogens is 222 g/mol. The van der Waals surface area contributed by atoms with Gasteiger partial charge in [0, 0.05) is 17.7 Å². The molecular formula is C11H21N3OS. The lowest BCUT2D eigenvalue weighted by molar-refractivity contribution is -0.118. The van der Waals surface area contributed by atoms with E-state index < -0.39 is 0 Å². The van der Waals surface area contributed by atoms with E-state index in [1.54, 1.807) is 11.8 Å². The highest BCUT2D eigenvalue weighted by atomic mass is 32.2. The van der Waals surface area contributed by atoms with Crippen LogP contribution in [0.5, 0.6) is 0 Å². The molecule has 1 saturated heterocycles. The summed E-state index contributed by atoms with van der Waals surface area (Å²) in [7, 11) is 0. The van der Waals surface area contributed by atoms with Crippen LogP contribution in [0.15, 0.2) is 4.99 Å². The summed E-state index contributed by atoms with van der Waals surface area (Å²) in [6.45, 7) is 6.30. The number of amides is 1. The van der Waals surface area contributed by atoms with Gasteiger partial charge >= 0.3 is 0 Å². The zero-order chi connectivity index (χ0) is 12.2. The molecule has 0 aromatic heterocycles. The van der Waals surface area contributed by atoms with Crippen LogP contribution < -0.4 is 11.1 Å². The lowest BCUT2D eigenvalue weighted by atomic mass is 9.96. The molecule has 0 saturated carbocycles. The van der Waals surface area contributed by atoms with Crippen molar-refractivity contribution in [1.29, 1.82) is 0 Å². The van der Waals surface area contributed by atoms with Crippen LogP contribution in [0.3, 0.4) is 0 Å². The predicted molar refractivity (Wildman–Crippen MR) is 69.6 cm³/mol. The minimum absolute atomic E-state index is 0.0355. The maximum Gasteiger partial charge on any atom is 0.219 e. The summed E-state index contributed by atoms with van der Waals surface area (Å²) in [5, 5.41) is 4.39. The molecule has 0 bridgehead atoms. The number of carbonyl (C=O) groups excluding carboxylic acids is 1. The Balaban J connectivity index is 2.59. The van der Waals surface area contributed by atoms with Crippen molar-refractivity contribution in [3.63, 3.8) is 0 Å². The van der Waals surface area contributed by atoms with Gasteiger partial charge in [0.05, 0.1) is 6.04 Å². The highest BCUT2D eigenvalue weighted by molar-refractivity contribution is 8.13. The molecule has 16 heavy (non-hydrogen) atoms. The smallest absolute Gasteiger partial charge is 0.219 e. The standard InChI is InChI=1S/C11H21N3OS/c1-4-11(3)5-6-16-10(14-11)13-8(2)7-9(12)15/h8H,4-7H2,1-3H3,(H2,12,15)(H,13,14). The van der Waals surface area contributed by atoms with Crippen LogP contribution in [0.25, 0.3) is 0 Å². The van der Waals surface area contributed by atoms with Gasteiger partial charge in [0.15, 0.2) is 5.17 Å². The van der Waals surface area contributed by atoms with Gasteiger partial charge in [-0.3, -0.25) is 9.79 Å². The molecule has 2 atom stereocenters. The number of aliphatic imine (C=N–C) groups is 1. The Morgan fingerprint density at radius 1 is 1.75 bits per heavy atom. The zero-order valence-corrected chi connectivity index (χ0v) is 11.1. The number of rotatable bonds is 4. The SMILES string of the molecule is CCC1(C)CCSC(=NC(C)CC(N)=O)N1. The van der Waals surface area contributed by atoms with Crippen LogP contribution in [0, 0.1) is 0 Å². The number of amidine groups is 1. The van der Waals surface area contributed by atoms with Crippen molar-refractivity contribution in [2.75, 3.05) is 5.75 Å². The van der Waals surface area contributed by atoms with Gasteiger partial charge in [-0.05, 0) is 26.7 Å². The minimum Gasteiger partial charge on any atom is -0.370 e. The van der Waals surface area contributed by atoms with Crippen LogP contribution >= 0.6 is 11.8 Å². The largest absolute Gasteiger partial charge is 0.370 e. The number of nitrogens with zero attached hydrogens (tertiary/aromatic N) is 1. The molecule has 1 aliphatic heterocycles. The number of primary amides is 1. The first-order valence-corrected chi connectivity index (χ1v) is 6.71. The molecule has 4 nitrogen and oxygen atoms in total. The summed E-state index contributed by atoms with van der Waals surface area (Å²) in [5.74, 6) is 0.787. The van der Waals surface area contributed by atoms with Gasteiger partial charge in [-0.15, -0.1) is 0 Å². The fourth-order valence-corrected chi connectivity index (χ4v) is 2.92. The van der Waals surface area contributed by atoms with Crippen LogP contribution in [0.2, 0.25) is 0 Å². The van der Waals surface area contributed by atoms with Gasteiger partial charge in [-0.2, -0.15) is 0 Å². The molecule has 0 aliphatic carbocycles. The molecule has 1 aliphatic rings. The lowest BCUT2D eigenvalue weighted by Gasteiger charge is -2.35. The average Bonchev–Trinajstić information content (AvgIpc) is 2.16. The fraction of sp³-hybridized carbons (Fsp3) is 0.818. The molecule has 1 rings (SSSR count). The second kappa shape index (κ2) is 5.57. The topological polar surface area (TPSA) is 67.5 Å². The molecule has 5 heteroatoms. The molecule has 1 amide bonds. The van der Waals surface area contributed by atoms with Crippen molar-refractivity contribution < 1.29 is 4.79 Å². The van der Waals surface area contributed by atoms with Crippen molar-refractivity contribution in [3.8, 4) is 0 Å². The Bertz CT molecular complexity index is 293. The third-order valence-corrected chi connectivity index (χ3v) is 3.81. The van der Waals surface area contributed by atoms with Crippen LogP contribution in [-0.4, -0.2) is 28.4 Å². The van der Waals surface area contributed by atoms with Gasteiger partial charge in [-0.25, -0.2) is 0 Å². The molecule has 2 unspecified atom stereocenters. The highest BCUT2D eigenvalue weighted by Crippen LogP contribution is 2.25. The Hall–Kier alpha value is -0.710. The molecule has 3 N–H and O–H groups in total. The van der Waals surface area contributed by atoms with E-state index in [9.17, 15) is 4.79 Å². The van der Waals surface area contributed by atoms with Gasteiger partial charge < -0.3 is 11.1 Å². The Kier molecular flexibility index (Phi) is 4.65. The van der Waals surface area contributed by atoms with Crippen LogP contribution in [-0.2, 0) is 4.79 Å². The van der Waals surface area contributed by atoms with Crippen molar-refractivity contribution in [2.45, 2.75) is 51.6 Å². The quantitative estimate of drug-likeness (QED) is 0.786. The van der Waals surface area contributed by atoms with E-state index in [4.69, 9.17) is 5.73 Å². The van der Waals surface area contributed by atoms with E-state index in [1.807, 2.05) is 6.92 Å². The maximum absolute atomic E-state index is 10.8. The molecule has 92 valence electrons. The van der Waals surface area contributed by atoms with Gasteiger partial charge in [0.1, 0.15) is 0 Å². The number of nitrogens with two attached hydrogens (primary N) is 1. The van der Waals surface area contributed by atoms with E-state index in [1.165, 1.54) is 0 Å². The third-order valence-electron chi connectivity index (χ3n) is 2.92. The van der Waals surface area contributed by atoms with E-state index >= 15 is 0 Å². The third kappa shape index (κ3) is 4.04. The molecule has 0 aromatic carbocycles. The summed E-state index contributed by atoms with van der Waals surface area (Å²) < 4.78 is 0. The normalized spacial score (nSPS) is 29.8. The van der Waals surface area contributed by atoms with E-state index in [2.05, 4.69) is 24.2 Å². The number of thioether (sulfide) groups is 1. The van der Waals surface area contributed by atoms with E-state index in [-0.39, 0.29) is 17.5 Å². The zero-order valence-electron chi connectivity index (χ0n) is 10.2. The predicted octanol–water partition coefficient (Wildman–Crippen LogP) is 1.50. The second-order valence-electron chi connectivity index (χ2n) is 4.59.